The van der Waals surface area contributed by atoms with E-state index in [1.165, 1.54) is 30.7 Å². The van der Waals surface area contributed by atoms with Gasteiger partial charge in [-0.2, -0.15) is 0 Å². The summed E-state index contributed by atoms with van der Waals surface area (Å²) in [5.74, 6) is -0.853. The van der Waals surface area contributed by atoms with Gasteiger partial charge >= 0.3 is 5.97 Å². The molecule has 1 fully saturated rings. The van der Waals surface area contributed by atoms with Crippen molar-refractivity contribution in [2.75, 3.05) is 0 Å². The van der Waals surface area contributed by atoms with E-state index in [-0.39, 0.29) is 16.3 Å². The first kappa shape index (κ1) is 18.8. The molecule has 0 atom stereocenters. The van der Waals surface area contributed by atoms with Crippen molar-refractivity contribution >= 4 is 17.6 Å². The van der Waals surface area contributed by atoms with E-state index in [0.717, 1.165) is 43.2 Å². The van der Waals surface area contributed by atoms with Crippen LogP contribution in [0.15, 0.2) is 36.4 Å². The minimum absolute atomic E-state index is 0.0720. The van der Waals surface area contributed by atoms with Gasteiger partial charge in [-0.1, -0.05) is 31.0 Å². The molecule has 26 heavy (non-hydrogen) atoms. The quantitative estimate of drug-likeness (QED) is 0.447. The Morgan fingerprint density at radius 2 is 1.81 bits per heavy atom. The Morgan fingerprint density at radius 3 is 2.42 bits per heavy atom. The molecular weight excluding hydrogens is 358 g/mol. The Balaban J connectivity index is 1.70. The van der Waals surface area contributed by atoms with Crippen molar-refractivity contribution in [3.05, 3.63) is 64.2 Å². The molecule has 0 bridgehead atoms. The van der Waals surface area contributed by atoms with E-state index in [1.54, 1.807) is 6.07 Å². The zero-order valence-electron chi connectivity index (χ0n) is 14.6. The van der Waals surface area contributed by atoms with E-state index in [0.29, 0.717) is 5.92 Å². The number of esters is 1. The van der Waals surface area contributed by atoms with Gasteiger partial charge in [0.15, 0.2) is 0 Å². The Morgan fingerprint density at radius 1 is 1.08 bits per heavy atom. The first-order valence-corrected chi connectivity index (χ1v) is 9.32. The van der Waals surface area contributed by atoms with Crippen LogP contribution in [0.3, 0.4) is 0 Å². The monoisotopic (exact) mass is 378 g/mol. The van der Waals surface area contributed by atoms with Crippen molar-refractivity contribution in [3.63, 3.8) is 0 Å². The molecule has 2 nitrogen and oxygen atoms in total. The van der Waals surface area contributed by atoms with Crippen molar-refractivity contribution in [3.8, 4) is 5.75 Å². The van der Waals surface area contributed by atoms with Crippen LogP contribution in [0.1, 0.15) is 60.9 Å². The number of hydrogen-bond donors (Lipinski definition) is 0. The summed E-state index contributed by atoms with van der Waals surface area (Å²) < 4.78 is 32.7. The summed E-state index contributed by atoms with van der Waals surface area (Å²) in [6, 6.07) is 8.26. The van der Waals surface area contributed by atoms with Crippen LogP contribution in [0.25, 0.3) is 0 Å². The highest BCUT2D eigenvalue weighted by atomic mass is 35.5. The van der Waals surface area contributed by atoms with Crippen LogP contribution >= 0.6 is 11.6 Å². The molecule has 0 radical (unpaired) electrons. The highest BCUT2D eigenvalue weighted by Crippen LogP contribution is 2.37. The summed E-state index contributed by atoms with van der Waals surface area (Å²) in [5.41, 5.74) is 0.787. The first-order chi connectivity index (χ1) is 12.5. The number of ether oxygens (including phenoxy) is 1. The van der Waals surface area contributed by atoms with E-state index in [9.17, 15) is 13.6 Å². The van der Waals surface area contributed by atoms with Gasteiger partial charge in [-0.25, -0.2) is 13.6 Å². The minimum atomic E-state index is -0.827. The van der Waals surface area contributed by atoms with Crippen LogP contribution in [-0.2, 0) is 0 Å². The summed E-state index contributed by atoms with van der Waals surface area (Å²) in [4.78, 5) is 12.2. The number of rotatable bonds is 4. The Hall–Kier alpha value is -1.94. The summed E-state index contributed by atoms with van der Waals surface area (Å²) in [6.07, 6.45) is 5.63. The zero-order valence-corrected chi connectivity index (χ0v) is 15.4. The highest BCUT2D eigenvalue weighted by Gasteiger charge is 2.23. The number of carbonyl (C=O) groups excluding carboxylic acids is 1. The standard InChI is InChI=1S/C21H21ClF2O2/c1-2-13-3-5-14(6-4-13)15-7-9-17(20(24)11-15)21(25)26-16-8-10-19(23)18(22)12-16/h7-14H,2-6H2,1H3. The lowest BCUT2D eigenvalue weighted by Crippen LogP contribution is -2.14. The second-order valence-corrected chi connectivity index (χ2v) is 7.24. The number of carbonyl (C=O) groups is 1. The smallest absolute Gasteiger partial charge is 0.346 e. The third kappa shape index (κ3) is 4.24. The van der Waals surface area contributed by atoms with E-state index in [1.807, 2.05) is 0 Å². The van der Waals surface area contributed by atoms with Gasteiger partial charge in [-0.05, 0) is 67.3 Å². The maximum Gasteiger partial charge on any atom is 0.346 e. The molecule has 5 heteroatoms. The Bertz CT molecular complexity index is 799. The highest BCUT2D eigenvalue weighted by molar-refractivity contribution is 6.30. The Kier molecular flexibility index (Phi) is 5.92. The van der Waals surface area contributed by atoms with Crippen molar-refractivity contribution in [2.24, 2.45) is 5.92 Å². The third-order valence-electron chi connectivity index (χ3n) is 5.21. The van der Waals surface area contributed by atoms with Crippen LogP contribution in [-0.4, -0.2) is 5.97 Å². The average molecular weight is 379 g/mol. The molecule has 0 saturated heterocycles. The minimum Gasteiger partial charge on any atom is -0.423 e. The molecular formula is C21H21ClF2O2. The van der Waals surface area contributed by atoms with E-state index in [2.05, 4.69) is 6.92 Å². The fourth-order valence-corrected chi connectivity index (χ4v) is 3.73. The molecule has 1 saturated carbocycles. The van der Waals surface area contributed by atoms with Crippen LogP contribution in [0.2, 0.25) is 5.02 Å². The van der Waals surface area contributed by atoms with Crippen molar-refractivity contribution in [1.82, 2.24) is 0 Å². The molecule has 0 heterocycles. The molecule has 2 aromatic rings. The molecule has 1 aliphatic carbocycles. The summed E-state index contributed by atoms with van der Waals surface area (Å²) in [7, 11) is 0. The molecule has 0 unspecified atom stereocenters. The van der Waals surface area contributed by atoms with Crippen molar-refractivity contribution < 1.29 is 18.3 Å². The van der Waals surface area contributed by atoms with E-state index in [4.69, 9.17) is 16.3 Å². The van der Waals surface area contributed by atoms with E-state index >= 15 is 0 Å². The van der Waals surface area contributed by atoms with Gasteiger partial charge in [-0.15, -0.1) is 0 Å². The first-order valence-electron chi connectivity index (χ1n) is 8.94. The fourth-order valence-electron chi connectivity index (χ4n) is 3.56. The number of halogens is 3. The topological polar surface area (TPSA) is 26.3 Å². The molecule has 0 aliphatic heterocycles. The summed E-state index contributed by atoms with van der Waals surface area (Å²) in [5, 5.41) is -0.159. The maximum atomic E-state index is 14.5. The van der Waals surface area contributed by atoms with Crippen LogP contribution in [0.4, 0.5) is 8.78 Å². The molecule has 1 aliphatic rings. The van der Waals surface area contributed by atoms with Crippen molar-refractivity contribution in [2.45, 2.75) is 44.9 Å². The second-order valence-electron chi connectivity index (χ2n) is 6.83. The molecule has 0 amide bonds. The van der Waals surface area contributed by atoms with Gasteiger partial charge in [0.05, 0.1) is 10.6 Å². The molecule has 0 N–H and O–H groups in total. The fraction of sp³-hybridized carbons (Fsp3) is 0.381. The van der Waals surface area contributed by atoms with Gasteiger partial charge in [-0.3, -0.25) is 0 Å². The lowest BCUT2D eigenvalue weighted by molar-refractivity contribution is 0.0729. The van der Waals surface area contributed by atoms with Crippen LogP contribution in [0.5, 0.6) is 5.75 Å². The molecule has 2 aromatic carbocycles. The normalized spacial score (nSPS) is 20.0. The van der Waals surface area contributed by atoms with Gasteiger partial charge in [0.2, 0.25) is 0 Å². The zero-order chi connectivity index (χ0) is 18.7. The molecule has 3 rings (SSSR count). The second kappa shape index (κ2) is 8.17. The maximum absolute atomic E-state index is 14.5. The number of benzene rings is 2. The summed E-state index contributed by atoms with van der Waals surface area (Å²) in [6.45, 7) is 2.21. The lowest BCUT2D eigenvalue weighted by Gasteiger charge is -2.28. The molecule has 0 aromatic heterocycles. The average Bonchev–Trinajstić information content (AvgIpc) is 2.64. The summed E-state index contributed by atoms with van der Waals surface area (Å²) >= 11 is 5.66. The lowest BCUT2D eigenvalue weighted by atomic mass is 9.78. The Labute approximate surface area is 157 Å². The van der Waals surface area contributed by atoms with Crippen molar-refractivity contribution in [1.29, 1.82) is 0 Å². The number of hydrogen-bond acceptors (Lipinski definition) is 2. The third-order valence-corrected chi connectivity index (χ3v) is 5.50. The molecule has 138 valence electrons. The van der Waals surface area contributed by atoms with Gasteiger partial charge in [0.25, 0.3) is 0 Å². The van der Waals surface area contributed by atoms with Gasteiger partial charge in [0, 0.05) is 6.07 Å². The van der Waals surface area contributed by atoms with E-state index < -0.39 is 17.6 Å². The predicted octanol–water partition coefficient (Wildman–Crippen LogP) is 6.52. The predicted molar refractivity (Wildman–Crippen MR) is 97.8 cm³/mol. The van der Waals surface area contributed by atoms with Gasteiger partial charge < -0.3 is 4.74 Å². The molecule has 0 spiro atoms. The SMILES string of the molecule is CCC1CCC(c2ccc(C(=O)Oc3ccc(F)c(Cl)c3)c(F)c2)CC1. The van der Waals surface area contributed by atoms with Crippen LogP contribution in [0, 0.1) is 17.6 Å². The largest absolute Gasteiger partial charge is 0.423 e. The van der Waals surface area contributed by atoms with Crippen LogP contribution < -0.4 is 4.74 Å². The van der Waals surface area contributed by atoms with Gasteiger partial charge in [0.1, 0.15) is 17.4 Å².